The van der Waals surface area contributed by atoms with Gasteiger partial charge in [0.25, 0.3) is 0 Å². The van der Waals surface area contributed by atoms with E-state index in [1.807, 2.05) is 13.8 Å². The Bertz CT molecular complexity index is 443. The predicted octanol–water partition coefficient (Wildman–Crippen LogP) is 3.13. The summed E-state index contributed by atoms with van der Waals surface area (Å²) in [7, 11) is 0. The van der Waals surface area contributed by atoms with Gasteiger partial charge in [-0.2, -0.15) is 0 Å². The molecule has 0 bridgehead atoms. The van der Waals surface area contributed by atoms with Crippen molar-refractivity contribution in [1.82, 2.24) is 5.32 Å². The lowest BCUT2D eigenvalue weighted by atomic mass is 10.1. The zero-order chi connectivity index (χ0) is 14.4. The van der Waals surface area contributed by atoms with Crippen LogP contribution in [-0.2, 0) is 9.59 Å². The van der Waals surface area contributed by atoms with Gasteiger partial charge in [0.2, 0.25) is 5.91 Å². The van der Waals surface area contributed by atoms with Gasteiger partial charge >= 0.3 is 5.97 Å². The molecule has 0 aromatic heterocycles. The molecule has 1 aromatic rings. The smallest absolute Gasteiger partial charge is 0.330 e. The Hall–Kier alpha value is -1.36. The molecule has 0 aliphatic carbocycles. The van der Waals surface area contributed by atoms with Gasteiger partial charge in [0.1, 0.15) is 0 Å². The molecule has 0 heterocycles. The minimum atomic E-state index is -1.06. The van der Waals surface area contributed by atoms with E-state index in [1.54, 1.807) is 24.3 Å². The van der Waals surface area contributed by atoms with Gasteiger partial charge in [-0.1, -0.05) is 41.9 Å². The van der Waals surface area contributed by atoms with Crippen molar-refractivity contribution in [3.63, 3.8) is 0 Å². The molecule has 0 saturated carbocycles. The minimum Gasteiger partial charge on any atom is -0.479 e. The average Bonchev–Trinajstić information content (AvgIpc) is 2.34. The molecule has 1 aromatic carbocycles. The van der Waals surface area contributed by atoms with Crippen molar-refractivity contribution in [3.8, 4) is 0 Å². The molecule has 19 heavy (non-hydrogen) atoms. The SMILES string of the molecule is CC(C)CCC(=O)NC(C(=O)O)c1ccc(Br)cc1. The van der Waals surface area contributed by atoms with Crippen molar-refractivity contribution in [1.29, 1.82) is 0 Å². The first-order valence-electron chi connectivity index (χ1n) is 6.17. The second-order valence-electron chi connectivity index (χ2n) is 4.82. The Labute approximate surface area is 121 Å². The van der Waals surface area contributed by atoms with Crippen LogP contribution in [-0.4, -0.2) is 17.0 Å². The molecular weight excluding hydrogens is 310 g/mol. The molecule has 0 aliphatic rings. The summed E-state index contributed by atoms with van der Waals surface area (Å²) in [4.78, 5) is 23.0. The van der Waals surface area contributed by atoms with Crippen LogP contribution < -0.4 is 5.32 Å². The highest BCUT2D eigenvalue weighted by Crippen LogP contribution is 2.17. The van der Waals surface area contributed by atoms with E-state index in [4.69, 9.17) is 0 Å². The Kier molecular flexibility index (Phi) is 6.02. The molecule has 0 aliphatic heterocycles. The molecular formula is C14H18BrNO3. The number of hydrogen-bond acceptors (Lipinski definition) is 2. The summed E-state index contributed by atoms with van der Waals surface area (Å²) in [6, 6.07) is 5.89. The highest BCUT2D eigenvalue weighted by atomic mass is 79.9. The van der Waals surface area contributed by atoms with E-state index in [9.17, 15) is 14.7 Å². The molecule has 4 nitrogen and oxygen atoms in total. The molecule has 0 saturated heterocycles. The van der Waals surface area contributed by atoms with Gasteiger partial charge < -0.3 is 10.4 Å². The van der Waals surface area contributed by atoms with Crippen LogP contribution in [0.2, 0.25) is 0 Å². The standard InChI is InChI=1S/C14H18BrNO3/c1-9(2)3-8-12(17)16-13(14(18)19)10-4-6-11(15)7-5-10/h4-7,9,13H,3,8H2,1-2H3,(H,16,17)(H,18,19). The minimum absolute atomic E-state index is 0.232. The monoisotopic (exact) mass is 327 g/mol. The number of rotatable bonds is 6. The van der Waals surface area contributed by atoms with Crippen LogP contribution in [0.5, 0.6) is 0 Å². The third-order valence-electron chi connectivity index (χ3n) is 2.70. The molecule has 1 atom stereocenters. The topological polar surface area (TPSA) is 66.4 Å². The van der Waals surface area contributed by atoms with Gasteiger partial charge in [-0.25, -0.2) is 4.79 Å². The van der Waals surface area contributed by atoms with Gasteiger partial charge in [-0.15, -0.1) is 0 Å². The second-order valence-corrected chi connectivity index (χ2v) is 5.74. The summed E-state index contributed by atoms with van der Waals surface area (Å²) in [5.74, 6) is -0.869. The van der Waals surface area contributed by atoms with Crippen LogP contribution in [0.4, 0.5) is 0 Å². The van der Waals surface area contributed by atoms with Crippen molar-refractivity contribution < 1.29 is 14.7 Å². The fourth-order valence-corrected chi connectivity index (χ4v) is 1.86. The van der Waals surface area contributed by atoms with E-state index in [0.29, 0.717) is 17.9 Å². The van der Waals surface area contributed by atoms with E-state index in [0.717, 1.165) is 10.9 Å². The highest BCUT2D eigenvalue weighted by Gasteiger charge is 2.21. The first-order valence-corrected chi connectivity index (χ1v) is 6.97. The number of benzene rings is 1. The normalized spacial score (nSPS) is 12.2. The number of halogens is 1. The van der Waals surface area contributed by atoms with Crippen LogP contribution in [0.15, 0.2) is 28.7 Å². The van der Waals surface area contributed by atoms with Gasteiger partial charge in [0, 0.05) is 10.9 Å². The van der Waals surface area contributed by atoms with Crippen molar-refractivity contribution in [2.24, 2.45) is 5.92 Å². The van der Waals surface area contributed by atoms with Gasteiger partial charge in [-0.3, -0.25) is 4.79 Å². The van der Waals surface area contributed by atoms with Crippen LogP contribution in [0.3, 0.4) is 0 Å². The van der Waals surface area contributed by atoms with Crippen LogP contribution >= 0.6 is 15.9 Å². The van der Waals surface area contributed by atoms with Crippen molar-refractivity contribution in [3.05, 3.63) is 34.3 Å². The quantitative estimate of drug-likeness (QED) is 0.843. The maximum Gasteiger partial charge on any atom is 0.330 e. The lowest BCUT2D eigenvalue weighted by Gasteiger charge is -2.15. The molecule has 104 valence electrons. The molecule has 2 N–H and O–H groups in total. The van der Waals surface area contributed by atoms with Crippen molar-refractivity contribution in [2.75, 3.05) is 0 Å². The van der Waals surface area contributed by atoms with E-state index in [-0.39, 0.29) is 5.91 Å². The first kappa shape index (κ1) is 15.7. The molecule has 1 unspecified atom stereocenters. The first-order chi connectivity index (χ1) is 8.90. The third kappa shape index (κ3) is 5.42. The summed E-state index contributed by atoms with van der Waals surface area (Å²) in [5.41, 5.74) is 0.564. The van der Waals surface area contributed by atoms with Gasteiger partial charge in [-0.05, 0) is 30.0 Å². The van der Waals surface area contributed by atoms with E-state index in [2.05, 4.69) is 21.2 Å². The lowest BCUT2D eigenvalue weighted by molar-refractivity contribution is -0.142. The number of hydrogen-bond donors (Lipinski definition) is 2. The van der Waals surface area contributed by atoms with Gasteiger partial charge in [0.05, 0.1) is 0 Å². The van der Waals surface area contributed by atoms with Crippen molar-refractivity contribution >= 4 is 27.8 Å². The Morgan fingerprint density at radius 1 is 1.26 bits per heavy atom. The number of carbonyl (C=O) groups is 2. The van der Waals surface area contributed by atoms with Crippen LogP contribution in [0.1, 0.15) is 38.3 Å². The third-order valence-corrected chi connectivity index (χ3v) is 3.23. The molecule has 1 rings (SSSR count). The fraction of sp³-hybridized carbons (Fsp3) is 0.429. The number of carbonyl (C=O) groups excluding carboxylic acids is 1. The summed E-state index contributed by atoms with van der Waals surface area (Å²) in [5, 5.41) is 11.7. The number of aliphatic carboxylic acids is 1. The van der Waals surface area contributed by atoms with E-state index < -0.39 is 12.0 Å². The molecule has 0 radical (unpaired) electrons. The van der Waals surface area contributed by atoms with Crippen molar-refractivity contribution in [2.45, 2.75) is 32.7 Å². The molecule has 5 heteroatoms. The van der Waals surface area contributed by atoms with E-state index in [1.165, 1.54) is 0 Å². The number of carboxylic acids is 1. The summed E-state index contributed by atoms with van der Waals surface area (Å²) < 4.78 is 0.867. The maximum atomic E-state index is 11.7. The predicted molar refractivity (Wildman–Crippen MR) is 76.7 cm³/mol. The van der Waals surface area contributed by atoms with Crippen LogP contribution in [0, 0.1) is 5.92 Å². The Morgan fingerprint density at radius 2 is 1.84 bits per heavy atom. The summed E-state index contributed by atoms with van der Waals surface area (Å²) in [6.45, 7) is 4.05. The number of nitrogens with one attached hydrogen (secondary N) is 1. The molecule has 0 spiro atoms. The maximum absolute atomic E-state index is 11.7. The highest BCUT2D eigenvalue weighted by molar-refractivity contribution is 9.10. The fourth-order valence-electron chi connectivity index (χ4n) is 1.60. The number of amides is 1. The average molecular weight is 328 g/mol. The number of carboxylic acid groups (broad SMARTS) is 1. The van der Waals surface area contributed by atoms with Crippen LogP contribution in [0.25, 0.3) is 0 Å². The van der Waals surface area contributed by atoms with E-state index >= 15 is 0 Å². The second kappa shape index (κ2) is 7.28. The summed E-state index contributed by atoms with van der Waals surface area (Å²) in [6.07, 6.45) is 1.09. The Morgan fingerprint density at radius 3 is 2.32 bits per heavy atom. The van der Waals surface area contributed by atoms with Gasteiger partial charge in [0.15, 0.2) is 6.04 Å². The zero-order valence-corrected chi connectivity index (χ0v) is 12.6. The summed E-state index contributed by atoms with van der Waals surface area (Å²) >= 11 is 3.29. The zero-order valence-electron chi connectivity index (χ0n) is 11.0. The Balaban J connectivity index is 2.71. The lowest BCUT2D eigenvalue weighted by Crippen LogP contribution is -2.33. The molecule has 0 fully saturated rings. The molecule has 1 amide bonds. The largest absolute Gasteiger partial charge is 0.479 e.